The van der Waals surface area contributed by atoms with Crippen LogP contribution in [0.25, 0.3) is 0 Å². The first kappa shape index (κ1) is 41.2. The van der Waals surface area contributed by atoms with Gasteiger partial charge >= 0.3 is 0 Å². The number of carbonyl (C=O) groups excluding carboxylic acids is 2. The van der Waals surface area contributed by atoms with Crippen molar-refractivity contribution in [3.63, 3.8) is 0 Å². The maximum Gasteiger partial charge on any atom is 0.252 e. The summed E-state index contributed by atoms with van der Waals surface area (Å²) in [5.74, 6) is -1.59. The van der Waals surface area contributed by atoms with E-state index in [-0.39, 0.29) is 70.0 Å². The molecule has 0 radical (unpaired) electrons. The third-order valence-electron chi connectivity index (χ3n) is 7.70. The number of nitrogens with one attached hydrogen (secondary N) is 2. The molecule has 49 heavy (non-hydrogen) atoms. The van der Waals surface area contributed by atoms with Crippen molar-refractivity contribution < 1.29 is 47.2 Å². The van der Waals surface area contributed by atoms with Gasteiger partial charge in [0.2, 0.25) is 10.0 Å². The van der Waals surface area contributed by atoms with Gasteiger partial charge in [0.05, 0.1) is 44.5 Å². The third-order valence-corrected chi connectivity index (χ3v) is 9.72. The number of hydrogen-bond donors (Lipinski definition) is 4. The Bertz CT molecular complexity index is 1470. The van der Waals surface area contributed by atoms with Gasteiger partial charge in [-0.05, 0) is 61.3 Å². The summed E-state index contributed by atoms with van der Waals surface area (Å²) in [5, 5.41) is 23.3. The van der Waals surface area contributed by atoms with Crippen LogP contribution >= 0.6 is 23.2 Å². The van der Waals surface area contributed by atoms with Crippen LogP contribution < -0.4 is 10.0 Å². The van der Waals surface area contributed by atoms with Gasteiger partial charge in [-0.3, -0.25) is 9.59 Å². The lowest BCUT2D eigenvalue weighted by molar-refractivity contribution is -0.145. The monoisotopic (exact) mass is 747 g/mol. The summed E-state index contributed by atoms with van der Waals surface area (Å²) in [5.41, 5.74) is 2.83. The van der Waals surface area contributed by atoms with E-state index >= 15 is 0 Å². The first-order valence-electron chi connectivity index (χ1n) is 16.2. The lowest BCUT2D eigenvalue weighted by Gasteiger charge is -2.33. The van der Waals surface area contributed by atoms with Crippen LogP contribution in [0.5, 0.6) is 0 Å². The second-order valence-corrected chi connectivity index (χ2v) is 14.1. The fourth-order valence-electron chi connectivity index (χ4n) is 5.21. The maximum atomic E-state index is 13.0. The highest BCUT2D eigenvalue weighted by molar-refractivity contribution is 7.89. The molecule has 274 valence electrons. The van der Waals surface area contributed by atoms with Crippen LogP contribution in [0.4, 0.5) is 0 Å². The fraction of sp³-hybridized carbons (Fsp3) is 0.576. The molecular weight excluding hydrogens is 701 g/mol. The van der Waals surface area contributed by atoms with E-state index in [2.05, 4.69) is 14.9 Å². The standard InChI is InChI=1S/C33H47Cl2N3O10S/c1-3-45-11-5-8-30(39)31(40)32(41)33(42)36-9-12-46-14-16-48-17-15-47-13-10-37-49(43,44)25-7-4-6-23(18-25)27-21-38(2)22-28-26(27)19-24(34)20-29(28)35/h4,6-7,18-20,27,31-32,37,40-41H,3,5,8-17,21-22H2,1-2H3,(H,36,42)/t27?,31-,32-/m0/s1. The largest absolute Gasteiger partial charge is 0.382 e. The zero-order valence-electron chi connectivity index (χ0n) is 27.9. The Labute approximate surface area is 298 Å². The number of Topliss-reactive ketones (excluding diaryl/α,β-unsaturated/α-hetero) is 1. The zero-order chi connectivity index (χ0) is 35.8. The van der Waals surface area contributed by atoms with E-state index in [4.69, 9.17) is 42.1 Å². The molecule has 0 aromatic heterocycles. The minimum absolute atomic E-state index is 0.00357. The second-order valence-electron chi connectivity index (χ2n) is 11.5. The number of benzene rings is 2. The molecular formula is C33H47Cl2N3O10S. The summed E-state index contributed by atoms with van der Waals surface area (Å²) in [7, 11) is -1.79. The number of amides is 1. The maximum absolute atomic E-state index is 13.0. The van der Waals surface area contributed by atoms with E-state index in [9.17, 15) is 28.2 Å². The molecule has 16 heteroatoms. The van der Waals surface area contributed by atoms with E-state index < -0.39 is 33.9 Å². The molecule has 2 aromatic carbocycles. The molecule has 1 aliphatic heterocycles. The molecule has 1 amide bonds. The normalized spacial score (nSPS) is 16.2. The van der Waals surface area contributed by atoms with Gasteiger partial charge in [0.15, 0.2) is 11.9 Å². The number of ketones is 1. The number of halogens is 2. The summed E-state index contributed by atoms with van der Waals surface area (Å²) in [6.45, 7) is 5.51. The number of carbonyl (C=O) groups is 2. The number of nitrogens with zero attached hydrogens (tertiary/aromatic N) is 1. The predicted molar refractivity (Wildman–Crippen MR) is 184 cm³/mol. The highest BCUT2D eigenvalue weighted by Gasteiger charge is 2.30. The number of rotatable bonds is 23. The van der Waals surface area contributed by atoms with Crippen molar-refractivity contribution >= 4 is 44.9 Å². The molecule has 3 rings (SSSR count). The van der Waals surface area contributed by atoms with Gasteiger partial charge in [0, 0.05) is 61.8 Å². The Kier molecular flexibility index (Phi) is 17.9. The van der Waals surface area contributed by atoms with Crippen LogP contribution in [-0.2, 0) is 45.1 Å². The molecule has 0 fully saturated rings. The Morgan fingerprint density at radius 1 is 0.939 bits per heavy atom. The van der Waals surface area contributed by atoms with Crippen molar-refractivity contribution in [2.75, 3.05) is 79.5 Å². The van der Waals surface area contributed by atoms with E-state index in [0.29, 0.717) is 42.8 Å². The van der Waals surface area contributed by atoms with Crippen molar-refractivity contribution in [3.05, 3.63) is 63.1 Å². The Morgan fingerprint density at radius 3 is 2.31 bits per heavy atom. The molecule has 3 atom stereocenters. The lowest BCUT2D eigenvalue weighted by Crippen LogP contribution is -2.46. The molecule has 2 aromatic rings. The van der Waals surface area contributed by atoms with E-state index in [1.54, 1.807) is 24.3 Å². The highest BCUT2D eigenvalue weighted by Crippen LogP contribution is 2.38. The summed E-state index contributed by atoms with van der Waals surface area (Å²) < 4.78 is 50.0. The molecule has 1 heterocycles. The van der Waals surface area contributed by atoms with Crippen molar-refractivity contribution in [2.24, 2.45) is 0 Å². The van der Waals surface area contributed by atoms with Crippen molar-refractivity contribution in [2.45, 2.75) is 49.3 Å². The van der Waals surface area contributed by atoms with E-state index in [0.717, 1.165) is 16.7 Å². The molecule has 0 spiro atoms. The number of likely N-dealkylation sites (N-methyl/N-ethyl adjacent to an activating group) is 1. The molecule has 0 saturated carbocycles. The summed E-state index contributed by atoms with van der Waals surface area (Å²) in [6, 6.07) is 10.5. The van der Waals surface area contributed by atoms with Crippen LogP contribution in [-0.4, -0.2) is 127 Å². The van der Waals surface area contributed by atoms with Gasteiger partial charge in [-0.25, -0.2) is 13.1 Å². The second kappa shape index (κ2) is 21.2. The smallest absolute Gasteiger partial charge is 0.252 e. The van der Waals surface area contributed by atoms with Crippen LogP contribution in [0.1, 0.15) is 42.4 Å². The van der Waals surface area contributed by atoms with Crippen molar-refractivity contribution in [1.82, 2.24) is 14.9 Å². The van der Waals surface area contributed by atoms with E-state index in [1.807, 2.05) is 26.1 Å². The number of fused-ring (bicyclic) bond motifs is 1. The first-order valence-corrected chi connectivity index (χ1v) is 18.4. The van der Waals surface area contributed by atoms with Gasteiger partial charge in [0.1, 0.15) is 6.10 Å². The highest BCUT2D eigenvalue weighted by atomic mass is 35.5. The molecule has 0 bridgehead atoms. The number of hydrogen-bond acceptors (Lipinski definition) is 11. The van der Waals surface area contributed by atoms with Crippen LogP contribution in [0.3, 0.4) is 0 Å². The van der Waals surface area contributed by atoms with Crippen LogP contribution in [0.15, 0.2) is 41.3 Å². The summed E-state index contributed by atoms with van der Waals surface area (Å²) in [6.07, 6.45) is -3.28. The Balaban J connectivity index is 1.26. The number of aliphatic hydroxyl groups excluding tert-OH is 2. The predicted octanol–water partition coefficient (Wildman–Crippen LogP) is 2.12. The SMILES string of the molecule is CCOCCCC(=O)[C@H](O)[C@H](O)C(=O)NCCOCCOCCOCCNS(=O)(=O)c1cccc(C2CN(C)Cc3c(Cl)cc(Cl)cc32)c1. The average Bonchev–Trinajstić information content (AvgIpc) is 3.08. The molecule has 0 saturated heterocycles. The zero-order valence-corrected chi connectivity index (χ0v) is 30.2. The number of ether oxygens (including phenoxy) is 4. The minimum atomic E-state index is -3.78. The molecule has 1 unspecified atom stereocenters. The topological polar surface area (TPSA) is 173 Å². The van der Waals surface area contributed by atoms with Gasteiger partial charge < -0.3 is 39.4 Å². The average molecular weight is 749 g/mol. The first-order chi connectivity index (χ1) is 23.4. The number of aliphatic hydroxyl groups is 2. The quantitative estimate of drug-likeness (QED) is 0.123. The molecule has 0 aliphatic carbocycles. The van der Waals surface area contributed by atoms with Crippen molar-refractivity contribution in [3.8, 4) is 0 Å². The van der Waals surface area contributed by atoms with Crippen LogP contribution in [0, 0.1) is 0 Å². The Morgan fingerprint density at radius 2 is 1.61 bits per heavy atom. The van der Waals surface area contributed by atoms with Gasteiger partial charge in [0.25, 0.3) is 5.91 Å². The van der Waals surface area contributed by atoms with E-state index in [1.165, 1.54) is 0 Å². The fourth-order valence-corrected chi connectivity index (χ4v) is 6.85. The molecule has 13 nitrogen and oxygen atoms in total. The summed E-state index contributed by atoms with van der Waals surface area (Å²) in [4.78, 5) is 26.2. The number of sulfonamides is 1. The van der Waals surface area contributed by atoms with Crippen molar-refractivity contribution in [1.29, 1.82) is 0 Å². The van der Waals surface area contributed by atoms with Crippen LogP contribution in [0.2, 0.25) is 10.0 Å². The minimum Gasteiger partial charge on any atom is -0.382 e. The third kappa shape index (κ3) is 13.5. The molecule has 4 N–H and O–H groups in total. The van der Waals surface area contributed by atoms with Gasteiger partial charge in [-0.1, -0.05) is 35.3 Å². The summed E-state index contributed by atoms with van der Waals surface area (Å²) >= 11 is 12.8. The van der Waals surface area contributed by atoms with Gasteiger partial charge in [-0.2, -0.15) is 0 Å². The lowest BCUT2D eigenvalue weighted by atomic mass is 9.85. The van der Waals surface area contributed by atoms with Gasteiger partial charge in [-0.15, -0.1) is 0 Å². The Hall–Kier alpha value is -2.21. The molecule has 1 aliphatic rings.